The van der Waals surface area contributed by atoms with Crippen LogP contribution in [0.3, 0.4) is 0 Å². The van der Waals surface area contributed by atoms with E-state index in [0.717, 1.165) is 31.2 Å². The number of anilines is 2. The lowest BCUT2D eigenvalue weighted by Gasteiger charge is -2.43. The molecule has 41 heavy (non-hydrogen) atoms. The van der Waals surface area contributed by atoms with E-state index >= 15 is 0 Å². The first-order valence-electron chi connectivity index (χ1n) is 12.9. The molecule has 4 heterocycles. The summed E-state index contributed by atoms with van der Waals surface area (Å²) in [6.45, 7) is 5.65. The number of nitrogens with one attached hydrogen (secondary N) is 1. The van der Waals surface area contributed by atoms with E-state index in [9.17, 15) is 35.9 Å². The molecule has 2 aliphatic heterocycles. The molecule has 1 aliphatic carbocycles. The number of fused-ring (bicyclic) bond motifs is 1. The minimum Gasteiger partial charge on any atom is -0.444 e. The minimum atomic E-state index is -5.07. The van der Waals surface area contributed by atoms with Crippen molar-refractivity contribution in [2.24, 2.45) is 5.92 Å². The quantitative estimate of drug-likeness (QED) is 0.430. The minimum absolute atomic E-state index is 0.0898. The molecular weight excluding hydrogens is 560 g/mol. The fourth-order valence-corrected chi connectivity index (χ4v) is 5.02. The first-order chi connectivity index (χ1) is 19.0. The van der Waals surface area contributed by atoms with E-state index < -0.39 is 58.9 Å². The van der Waals surface area contributed by atoms with Crippen molar-refractivity contribution in [1.29, 1.82) is 0 Å². The number of hydrogen-bond donors (Lipinski definition) is 1. The second-order valence-corrected chi connectivity index (χ2v) is 11.2. The molecule has 1 N–H and O–H groups in total. The number of alkyl halides is 6. The molecule has 9 nitrogen and oxygen atoms in total. The van der Waals surface area contributed by atoms with Crippen molar-refractivity contribution < 1.29 is 45.4 Å². The van der Waals surface area contributed by atoms with Gasteiger partial charge in [0.15, 0.2) is 0 Å². The van der Waals surface area contributed by atoms with Gasteiger partial charge in [-0.1, -0.05) is 0 Å². The summed E-state index contributed by atoms with van der Waals surface area (Å²) in [6, 6.07) is 2.24. The summed E-state index contributed by atoms with van der Waals surface area (Å²) in [5, 5.41) is 2.07. The highest BCUT2D eigenvalue weighted by Gasteiger charge is 2.50. The number of cyclic esters (lactones) is 1. The lowest BCUT2D eigenvalue weighted by molar-refractivity contribution is -0.206. The Morgan fingerprint density at radius 2 is 1.80 bits per heavy atom. The highest BCUT2D eigenvalue weighted by Crippen LogP contribution is 2.46. The van der Waals surface area contributed by atoms with Crippen molar-refractivity contribution in [1.82, 2.24) is 14.9 Å². The van der Waals surface area contributed by atoms with Crippen LogP contribution in [-0.4, -0.2) is 64.5 Å². The number of aromatic nitrogens is 2. The Kier molecular flexibility index (Phi) is 6.97. The van der Waals surface area contributed by atoms with Crippen molar-refractivity contribution in [2.45, 2.75) is 63.7 Å². The average molecular weight is 588 g/mol. The van der Waals surface area contributed by atoms with E-state index in [2.05, 4.69) is 20.0 Å². The number of nitrogens with zero attached hydrogens (tertiary/aromatic N) is 4. The van der Waals surface area contributed by atoms with Crippen LogP contribution in [0.5, 0.6) is 0 Å². The number of pyridine rings is 2. The van der Waals surface area contributed by atoms with Gasteiger partial charge in [-0.2, -0.15) is 26.3 Å². The predicted octanol–water partition coefficient (Wildman–Crippen LogP) is 6.16. The Balaban J connectivity index is 1.57. The van der Waals surface area contributed by atoms with Crippen LogP contribution in [-0.2, 0) is 15.7 Å². The molecule has 1 saturated heterocycles. The molecule has 0 radical (unpaired) electrons. The maximum absolute atomic E-state index is 14.1. The summed E-state index contributed by atoms with van der Waals surface area (Å²) in [6.07, 6.45) is -11.9. The highest BCUT2D eigenvalue weighted by molar-refractivity contribution is 5.89. The molecule has 0 aromatic carbocycles. The van der Waals surface area contributed by atoms with Crippen molar-refractivity contribution >= 4 is 23.8 Å². The summed E-state index contributed by atoms with van der Waals surface area (Å²) >= 11 is 0. The number of piperazine rings is 1. The summed E-state index contributed by atoms with van der Waals surface area (Å²) < 4.78 is 93.9. The molecule has 222 valence electrons. The second-order valence-electron chi connectivity index (χ2n) is 11.2. The number of rotatable bonds is 3. The molecular formula is C26H27F6N5O4. The van der Waals surface area contributed by atoms with Crippen molar-refractivity contribution in [3.63, 3.8) is 0 Å². The average Bonchev–Trinajstić information content (AvgIpc) is 3.70. The molecule has 2 aromatic rings. The molecule has 2 aromatic heterocycles. The third-order valence-electron chi connectivity index (χ3n) is 6.94. The fourth-order valence-electron chi connectivity index (χ4n) is 5.02. The number of carbonyl (C=O) groups excluding carboxylic acids is 2. The first kappa shape index (κ1) is 28.7. The Hall–Kier alpha value is -3.78. The molecule has 15 heteroatoms. The molecule has 3 aliphatic rings. The van der Waals surface area contributed by atoms with Crippen LogP contribution < -0.4 is 10.2 Å². The Bertz CT molecular complexity index is 1360. The van der Waals surface area contributed by atoms with Gasteiger partial charge >= 0.3 is 24.5 Å². The van der Waals surface area contributed by atoms with Crippen LogP contribution in [0.15, 0.2) is 24.4 Å². The lowest BCUT2D eigenvalue weighted by atomic mass is 9.98. The molecule has 1 saturated carbocycles. The highest BCUT2D eigenvalue weighted by atomic mass is 19.4. The largest absolute Gasteiger partial charge is 0.444 e. The van der Waals surface area contributed by atoms with Gasteiger partial charge < -0.3 is 19.3 Å². The smallest absolute Gasteiger partial charge is 0.430 e. The van der Waals surface area contributed by atoms with Crippen LogP contribution in [0.1, 0.15) is 50.8 Å². The van der Waals surface area contributed by atoms with Gasteiger partial charge in [-0.25, -0.2) is 19.6 Å². The topological polar surface area (TPSA) is 96.9 Å². The van der Waals surface area contributed by atoms with Gasteiger partial charge in [-0.05, 0) is 57.7 Å². The third-order valence-corrected chi connectivity index (χ3v) is 6.94. The zero-order valence-corrected chi connectivity index (χ0v) is 22.3. The molecule has 2 atom stereocenters. The fraction of sp³-hybridized carbons (Fsp3) is 0.538. The van der Waals surface area contributed by atoms with Crippen molar-refractivity contribution in [3.05, 3.63) is 35.5 Å². The predicted molar refractivity (Wildman–Crippen MR) is 133 cm³/mol. The molecule has 0 spiro atoms. The summed E-state index contributed by atoms with van der Waals surface area (Å²) in [5.74, 6) is -0.485. The molecule has 5 rings (SSSR count). The standard InChI is InChI=1S/C26H27F6N5O4/c1-24(2,3)41-23(39)36-8-9-37(17(12-36)13-4-5-13)18-11-14(25(27,28)29)10-16(34-18)15-6-7-33-21-19(15)20(26(30,31)32)40-22(38)35-21/h6-7,10-11,13,17,20H,4-5,8-9,12H2,1-3H3,(H,33,35,38)/t17-,20?/m0/s1. The van der Waals surface area contributed by atoms with Gasteiger partial charge in [0, 0.05) is 31.4 Å². The second kappa shape index (κ2) is 9.94. The van der Waals surface area contributed by atoms with Gasteiger partial charge in [0.05, 0.1) is 22.9 Å². The zero-order valence-electron chi connectivity index (χ0n) is 22.3. The van der Waals surface area contributed by atoms with Gasteiger partial charge in [0.2, 0.25) is 6.10 Å². The maximum atomic E-state index is 14.1. The monoisotopic (exact) mass is 587 g/mol. The van der Waals surface area contributed by atoms with Crippen LogP contribution in [0.4, 0.5) is 47.6 Å². The van der Waals surface area contributed by atoms with Gasteiger partial charge in [-0.15, -0.1) is 0 Å². The molecule has 2 fully saturated rings. The molecule has 2 amide bonds. The number of amides is 2. The van der Waals surface area contributed by atoms with Crippen molar-refractivity contribution in [2.75, 3.05) is 29.9 Å². The van der Waals surface area contributed by atoms with Crippen LogP contribution >= 0.6 is 0 Å². The Morgan fingerprint density at radius 3 is 2.41 bits per heavy atom. The van der Waals surface area contributed by atoms with Crippen LogP contribution in [0.25, 0.3) is 11.3 Å². The van der Waals surface area contributed by atoms with Gasteiger partial charge in [-0.3, -0.25) is 5.32 Å². The summed E-state index contributed by atoms with van der Waals surface area (Å²) in [4.78, 5) is 35.8. The normalized spacial score (nSPS) is 21.6. The van der Waals surface area contributed by atoms with E-state index in [0.29, 0.717) is 6.07 Å². The number of halogens is 6. The molecule has 1 unspecified atom stereocenters. The van der Waals surface area contributed by atoms with E-state index in [1.807, 2.05) is 0 Å². The third kappa shape index (κ3) is 6.12. The van der Waals surface area contributed by atoms with E-state index in [1.54, 1.807) is 25.7 Å². The maximum Gasteiger partial charge on any atom is 0.430 e. The molecule has 0 bridgehead atoms. The van der Waals surface area contributed by atoms with E-state index in [-0.39, 0.29) is 43.0 Å². The lowest BCUT2D eigenvalue weighted by Crippen LogP contribution is -2.56. The zero-order chi connectivity index (χ0) is 29.9. The summed E-state index contributed by atoms with van der Waals surface area (Å²) in [7, 11) is 0. The Labute approximate surface area is 230 Å². The van der Waals surface area contributed by atoms with Gasteiger partial charge in [0.1, 0.15) is 17.2 Å². The summed E-state index contributed by atoms with van der Waals surface area (Å²) in [5.41, 5.74) is -3.21. The number of hydrogen-bond acceptors (Lipinski definition) is 7. The van der Waals surface area contributed by atoms with E-state index in [1.165, 1.54) is 4.90 Å². The van der Waals surface area contributed by atoms with Crippen molar-refractivity contribution in [3.8, 4) is 11.3 Å². The number of ether oxygens (including phenoxy) is 2. The van der Waals surface area contributed by atoms with Gasteiger partial charge in [0.25, 0.3) is 0 Å². The van der Waals surface area contributed by atoms with Crippen LogP contribution in [0, 0.1) is 5.92 Å². The SMILES string of the molecule is CC(C)(C)OC(=O)N1CCN(c2cc(C(F)(F)F)cc(-c3ccnc4c3C(C(F)(F)F)OC(=O)N4)n2)[C@H](C2CC2)C1. The Morgan fingerprint density at radius 1 is 1.10 bits per heavy atom. The first-order valence-corrected chi connectivity index (χ1v) is 12.9. The number of carbonyl (C=O) groups is 2. The van der Waals surface area contributed by atoms with Crippen LogP contribution in [0.2, 0.25) is 0 Å². The van der Waals surface area contributed by atoms with E-state index in [4.69, 9.17) is 4.74 Å².